The standard InChI is InChI=1S/C9H19NO3S/c1-9(2,3)10-14(11,12)8-4-6-13-7-5-8/h8,10H,4-7H2,1-3H3. The second-order valence-electron chi connectivity index (χ2n) is 4.71. The van der Waals surface area contributed by atoms with Crippen molar-refractivity contribution in [2.45, 2.75) is 44.4 Å². The second-order valence-corrected chi connectivity index (χ2v) is 6.67. The summed E-state index contributed by atoms with van der Waals surface area (Å²) in [5, 5.41) is -0.282. The number of hydrogen-bond acceptors (Lipinski definition) is 3. The van der Waals surface area contributed by atoms with Gasteiger partial charge in [-0.3, -0.25) is 0 Å². The van der Waals surface area contributed by atoms with Crippen LogP contribution in [-0.2, 0) is 14.8 Å². The van der Waals surface area contributed by atoms with Crippen molar-refractivity contribution >= 4 is 10.0 Å². The van der Waals surface area contributed by atoms with E-state index in [0.717, 1.165) is 0 Å². The Hall–Kier alpha value is -0.130. The first kappa shape index (κ1) is 11.9. The van der Waals surface area contributed by atoms with Gasteiger partial charge in [0, 0.05) is 18.8 Å². The number of sulfonamides is 1. The SMILES string of the molecule is CC(C)(C)NS(=O)(=O)C1CCOCC1. The Labute approximate surface area is 86.1 Å². The molecule has 5 heteroatoms. The molecule has 0 radical (unpaired) electrons. The van der Waals surface area contributed by atoms with E-state index in [1.54, 1.807) is 0 Å². The molecule has 1 saturated heterocycles. The van der Waals surface area contributed by atoms with Crippen molar-refractivity contribution in [3.8, 4) is 0 Å². The van der Waals surface area contributed by atoms with Crippen molar-refractivity contribution in [3.63, 3.8) is 0 Å². The van der Waals surface area contributed by atoms with Gasteiger partial charge in [0.05, 0.1) is 5.25 Å². The molecule has 1 aliphatic heterocycles. The van der Waals surface area contributed by atoms with Crippen molar-refractivity contribution in [2.24, 2.45) is 0 Å². The maximum atomic E-state index is 11.8. The van der Waals surface area contributed by atoms with Gasteiger partial charge in [-0.15, -0.1) is 0 Å². The van der Waals surface area contributed by atoms with E-state index in [1.165, 1.54) is 0 Å². The summed E-state index contributed by atoms with van der Waals surface area (Å²) in [6.07, 6.45) is 1.21. The summed E-state index contributed by atoms with van der Waals surface area (Å²) in [5.41, 5.74) is -0.392. The van der Waals surface area contributed by atoms with Crippen LogP contribution < -0.4 is 4.72 Å². The molecule has 1 N–H and O–H groups in total. The minimum atomic E-state index is -3.17. The first-order chi connectivity index (χ1) is 6.31. The third-order valence-corrected chi connectivity index (χ3v) is 4.30. The summed E-state index contributed by atoms with van der Waals surface area (Å²) < 4.78 is 31.5. The smallest absolute Gasteiger partial charge is 0.215 e. The fraction of sp³-hybridized carbons (Fsp3) is 1.00. The molecule has 0 amide bonds. The molecule has 0 saturated carbocycles. The molecule has 1 heterocycles. The van der Waals surface area contributed by atoms with Crippen LogP contribution in [0.25, 0.3) is 0 Å². The van der Waals surface area contributed by atoms with E-state index >= 15 is 0 Å². The van der Waals surface area contributed by atoms with Gasteiger partial charge < -0.3 is 4.74 Å². The molecule has 0 aromatic carbocycles. The zero-order valence-electron chi connectivity index (χ0n) is 9.04. The molecule has 1 fully saturated rings. The maximum Gasteiger partial charge on any atom is 0.215 e. The Morgan fingerprint density at radius 1 is 1.21 bits per heavy atom. The third kappa shape index (κ3) is 3.55. The molecule has 0 aromatic rings. The summed E-state index contributed by atoms with van der Waals surface area (Å²) in [6, 6.07) is 0. The minimum Gasteiger partial charge on any atom is -0.381 e. The largest absolute Gasteiger partial charge is 0.381 e. The highest BCUT2D eigenvalue weighted by molar-refractivity contribution is 7.90. The van der Waals surface area contributed by atoms with Crippen molar-refractivity contribution in [3.05, 3.63) is 0 Å². The number of rotatable bonds is 2. The molecule has 0 aromatic heterocycles. The van der Waals surface area contributed by atoms with Gasteiger partial charge in [0.2, 0.25) is 10.0 Å². The molecule has 0 unspecified atom stereocenters. The van der Waals surface area contributed by atoms with Gasteiger partial charge in [-0.1, -0.05) is 0 Å². The monoisotopic (exact) mass is 221 g/mol. The van der Waals surface area contributed by atoms with Gasteiger partial charge >= 0.3 is 0 Å². The first-order valence-electron chi connectivity index (χ1n) is 4.92. The molecule has 1 aliphatic rings. The lowest BCUT2D eigenvalue weighted by Crippen LogP contribution is -2.46. The van der Waals surface area contributed by atoms with Gasteiger partial charge in [0.15, 0.2) is 0 Å². The normalized spacial score (nSPS) is 21.1. The fourth-order valence-corrected chi connectivity index (χ4v) is 3.33. The molecule has 1 rings (SSSR count). The Bertz CT molecular complexity index is 273. The van der Waals surface area contributed by atoms with Crippen LogP contribution in [0.5, 0.6) is 0 Å². The van der Waals surface area contributed by atoms with Crippen molar-refractivity contribution in [1.29, 1.82) is 0 Å². The van der Waals surface area contributed by atoms with E-state index in [9.17, 15) is 8.42 Å². The quantitative estimate of drug-likeness (QED) is 0.753. The van der Waals surface area contributed by atoms with Crippen LogP contribution >= 0.6 is 0 Å². The topological polar surface area (TPSA) is 55.4 Å². The zero-order chi connectivity index (χ0) is 10.8. The number of nitrogens with one attached hydrogen (secondary N) is 1. The number of ether oxygens (including phenoxy) is 1. The Balaban J connectivity index is 2.64. The lowest BCUT2D eigenvalue weighted by atomic mass is 10.1. The lowest BCUT2D eigenvalue weighted by Gasteiger charge is -2.27. The molecule has 0 bridgehead atoms. The van der Waals surface area contributed by atoms with Crippen molar-refractivity contribution in [1.82, 2.24) is 4.72 Å². The summed E-state index contributed by atoms with van der Waals surface area (Å²) in [7, 11) is -3.17. The first-order valence-corrected chi connectivity index (χ1v) is 6.46. The van der Waals surface area contributed by atoms with Crippen LogP contribution in [0.2, 0.25) is 0 Å². The van der Waals surface area contributed by atoms with Gasteiger partial charge in [-0.2, -0.15) is 0 Å². The average Bonchev–Trinajstić information content (AvgIpc) is 2.01. The van der Waals surface area contributed by atoms with Crippen LogP contribution in [0.1, 0.15) is 33.6 Å². The van der Waals surface area contributed by atoms with Crippen LogP contribution in [0.3, 0.4) is 0 Å². The van der Waals surface area contributed by atoms with Crippen LogP contribution in [0.4, 0.5) is 0 Å². The molecular weight excluding hydrogens is 202 g/mol. The molecule has 84 valence electrons. The van der Waals surface area contributed by atoms with E-state index in [4.69, 9.17) is 4.74 Å². The Morgan fingerprint density at radius 2 is 1.71 bits per heavy atom. The second kappa shape index (κ2) is 4.16. The van der Waals surface area contributed by atoms with Gasteiger partial charge in [0.25, 0.3) is 0 Å². The van der Waals surface area contributed by atoms with Gasteiger partial charge in [-0.05, 0) is 33.6 Å². The fourth-order valence-electron chi connectivity index (χ4n) is 1.50. The highest BCUT2D eigenvalue weighted by atomic mass is 32.2. The van der Waals surface area contributed by atoms with E-state index in [-0.39, 0.29) is 5.25 Å². The van der Waals surface area contributed by atoms with Crippen LogP contribution in [0, 0.1) is 0 Å². The van der Waals surface area contributed by atoms with Crippen molar-refractivity contribution in [2.75, 3.05) is 13.2 Å². The Kier molecular flexibility index (Phi) is 3.55. The predicted molar refractivity (Wildman–Crippen MR) is 55.6 cm³/mol. The van der Waals surface area contributed by atoms with E-state index < -0.39 is 15.6 Å². The predicted octanol–water partition coefficient (Wildman–Crippen LogP) is 0.883. The molecule has 0 atom stereocenters. The summed E-state index contributed by atoms with van der Waals surface area (Å²) in [6.45, 7) is 6.66. The molecule has 14 heavy (non-hydrogen) atoms. The van der Waals surface area contributed by atoms with Gasteiger partial charge in [0.1, 0.15) is 0 Å². The Morgan fingerprint density at radius 3 is 2.14 bits per heavy atom. The van der Waals surface area contributed by atoms with E-state index in [0.29, 0.717) is 26.1 Å². The minimum absolute atomic E-state index is 0.282. The summed E-state index contributed by atoms with van der Waals surface area (Å²) >= 11 is 0. The summed E-state index contributed by atoms with van der Waals surface area (Å²) in [4.78, 5) is 0. The van der Waals surface area contributed by atoms with Gasteiger partial charge in [-0.25, -0.2) is 13.1 Å². The lowest BCUT2D eigenvalue weighted by molar-refractivity contribution is 0.0980. The highest BCUT2D eigenvalue weighted by Gasteiger charge is 2.30. The van der Waals surface area contributed by atoms with E-state index in [2.05, 4.69) is 4.72 Å². The average molecular weight is 221 g/mol. The van der Waals surface area contributed by atoms with Crippen LogP contribution in [0.15, 0.2) is 0 Å². The summed E-state index contributed by atoms with van der Waals surface area (Å²) in [5.74, 6) is 0. The number of hydrogen-bond donors (Lipinski definition) is 1. The molecule has 0 aliphatic carbocycles. The highest BCUT2D eigenvalue weighted by Crippen LogP contribution is 2.16. The molecule has 0 spiro atoms. The van der Waals surface area contributed by atoms with E-state index in [1.807, 2.05) is 20.8 Å². The van der Waals surface area contributed by atoms with Crippen LogP contribution in [-0.4, -0.2) is 32.4 Å². The molecular formula is C9H19NO3S. The zero-order valence-corrected chi connectivity index (χ0v) is 9.86. The third-order valence-electron chi connectivity index (χ3n) is 2.06. The van der Waals surface area contributed by atoms with Crippen molar-refractivity contribution < 1.29 is 13.2 Å². The maximum absolute atomic E-state index is 11.8. The molecule has 4 nitrogen and oxygen atoms in total.